The molecule has 3 nitrogen and oxygen atoms in total. The van der Waals surface area contributed by atoms with Gasteiger partial charge in [-0.25, -0.2) is 0 Å². The van der Waals surface area contributed by atoms with Crippen LogP contribution in [-0.2, 0) is 17.9 Å². The van der Waals surface area contributed by atoms with E-state index in [1.54, 1.807) is 6.92 Å². The number of rotatable bonds is 5. The number of nitrogens with zero attached hydrogens (tertiary/aromatic N) is 2. The molecule has 4 atom stereocenters. The standard InChI is InChI=1S/C22H40N2O.2ClH.Fe/c1-14(2)18-10-8-11-19(15(3)4)22(18)23-16(5)20-12-9-13-21(17(6)25)24(20)7;;;/h14-15,18-22H,8-13H2,1-7H3;2*1H;/q;;;+2/p-2. The van der Waals surface area contributed by atoms with Crippen molar-refractivity contribution in [2.45, 2.75) is 98.2 Å². The summed E-state index contributed by atoms with van der Waals surface area (Å²) in [4.78, 5) is 19.6. The molecule has 166 valence electrons. The van der Waals surface area contributed by atoms with Gasteiger partial charge >= 0.3 is 33.3 Å². The molecule has 1 aliphatic heterocycles. The minimum absolute atomic E-state index is 0.0806. The number of piperidine rings is 1. The summed E-state index contributed by atoms with van der Waals surface area (Å²) in [5.74, 6) is 3.09. The van der Waals surface area contributed by atoms with Crippen molar-refractivity contribution < 1.29 is 17.9 Å². The topological polar surface area (TPSA) is 32.7 Å². The number of carbonyl (C=O) groups is 1. The Balaban J connectivity index is 0.00000122. The molecule has 0 N–H and O–H groups in total. The predicted octanol–water partition coefficient (Wildman–Crippen LogP) is 6.36. The van der Waals surface area contributed by atoms with Crippen LogP contribution in [0.5, 0.6) is 0 Å². The molecule has 2 aliphatic rings. The van der Waals surface area contributed by atoms with Crippen LogP contribution < -0.4 is 0 Å². The number of aliphatic imine (C=N–C) groups is 1. The van der Waals surface area contributed by atoms with Gasteiger partial charge in [0.15, 0.2) is 0 Å². The fourth-order valence-corrected chi connectivity index (χ4v) is 5.34. The van der Waals surface area contributed by atoms with E-state index in [9.17, 15) is 4.79 Å². The summed E-state index contributed by atoms with van der Waals surface area (Å²) in [6.07, 6.45) is 7.27. The van der Waals surface area contributed by atoms with Crippen molar-refractivity contribution in [3.63, 3.8) is 0 Å². The normalized spacial score (nSPS) is 32.4. The number of halogens is 2. The fraction of sp³-hybridized carbons (Fsp3) is 0.909. The van der Waals surface area contributed by atoms with E-state index in [-0.39, 0.29) is 19.2 Å². The molecule has 0 radical (unpaired) electrons. The van der Waals surface area contributed by atoms with Gasteiger partial charge in [-0.2, -0.15) is 0 Å². The van der Waals surface area contributed by atoms with Crippen molar-refractivity contribution >= 4 is 31.7 Å². The molecule has 0 aromatic carbocycles. The van der Waals surface area contributed by atoms with E-state index in [0.717, 1.165) is 19.3 Å². The first-order valence-electron chi connectivity index (χ1n) is 10.8. The predicted molar refractivity (Wildman–Crippen MR) is 119 cm³/mol. The van der Waals surface area contributed by atoms with Crippen molar-refractivity contribution in [2.75, 3.05) is 7.05 Å². The molecule has 2 rings (SSSR count). The summed E-state index contributed by atoms with van der Waals surface area (Å²) in [6, 6.07) is 0.877. The van der Waals surface area contributed by atoms with Gasteiger partial charge in [-0.05, 0) is 76.7 Å². The van der Waals surface area contributed by atoms with E-state index in [1.807, 2.05) is 0 Å². The van der Waals surface area contributed by atoms with Crippen LogP contribution in [0.4, 0.5) is 0 Å². The van der Waals surface area contributed by atoms with Crippen molar-refractivity contribution in [3.05, 3.63) is 0 Å². The van der Waals surface area contributed by atoms with Crippen LogP contribution in [0.25, 0.3) is 0 Å². The van der Waals surface area contributed by atoms with Crippen molar-refractivity contribution in [3.8, 4) is 0 Å². The first kappa shape index (κ1) is 26.4. The van der Waals surface area contributed by atoms with Crippen LogP contribution >= 0.6 is 20.2 Å². The number of likely N-dealkylation sites (tertiary alicyclic amines) is 1. The molecule has 1 heterocycles. The van der Waals surface area contributed by atoms with E-state index in [0.29, 0.717) is 41.5 Å². The van der Waals surface area contributed by atoms with Gasteiger partial charge in [-0.3, -0.25) is 14.7 Å². The molecule has 0 aromatic rings. The van der Waals surface area contributed by atoms with Gasteiger partial charge in [0.25, 0.3) is 0 Å². The van der Waals surface area contributed by atoms with Crippen LogP contribution in [0.15, 0.2) is 4.99 Å². The van der Waals surface area contributed by atoms with E-state index >= 15 is 0 Å². The summed E-state index contributed by atoms with van der Waals surface area (Å²) >= 11 is 0.194. The molecule has 6 heteroatoms. The third kappa shape index (κ3) is 7.27. The first-order chi connectivity index (χ1) is 13.1. The molecule has 1 saturated carbocycles. The number of likely N-dealkylation sites (N-methyl/N-ethyl adjacent to an activating group) is 1. The third-order valence-electron chi connectivity index (χ3n) is 6.91. The summed E-state index contributed by atoms with van der Waals surface area (Å²) < 4.78 is 0. The molecule has 0 aromatic heterocycles. The summed E-state index contributed by atoms with van der Waals surface area (Å²) in [5, 5.41) is 0. The van der Waals surface area contributed by atoms with Crippen LogP contribution in [-0.4, -0.2) is 41.6 Å². The summed E-state index contributed by atoms with van der Waals surface area (Å²) in [6.45, 7) is 13.4. The molecule has 0 amide bonds. The fourth-order valence-electron chi connectivity index (χ4n) is 5.34. The molecular formula is C22H40Cl2FeN2O. The molecule has 1 saturated heterocycles. The number of hydrogen-bond donors (Lipinski definition) is 0. The second-order valence-electron chi connectivity index (χ2n) is 9.30. The third-order valence-corrected chi connectivity index (χ3v) is 6.91. The SMILES string of the molecule is CC(=O)C1CCCC(C(C)=NC2C(C(C)C)CCCC2C(C)C)N1C.[Cl][Fe][Cl]. The van der Waals surface area contributed by atoms with E-state index in [1.165, 1.54) is 25.0 Å². The van der Waals surface area contributed by atoms with Gasteiger partial charge in [0, 0.05) is 11.8 Å². The average molecular weight is 475 g/mol. The Hall–Kier alpha value is 0.399. The molecule has 1 aliphatic carbocycles. The number of Topliss-reactive ketones (excluding diaryl/α,β-unsaturated/α-hetero) is 1. The van der Waals surface area contributed by atoms with Crippen molar-refractivity contribution in [1.29, 1.82) is 0 Å². The van der Waals surface area contributed by atoms with E-state index < -0.39 is 0 Å². The van der Waals surface area contributed by atoms with Gasteiger partial charge in [0.1, 0.15) is 5.78 Å². The van der Waals surface area contributed by atoms with Gasteiger partial charge in [-0.1, -0.05) is 34.1 Å². The summed E-state index contributed by atoms with van der Waals surface area (Å²) in [7, 11) is 11.6. The van der Waals surface area contributed by atoms with Gasteiger partial charge < -0.3 is 0 Å². The van der Waals surface area contributed by atoms with E-state index in [2.05, 4.69) is 46.6 Å². The van der Waals surface area contributed by atoms with Crippen LogP contribution in [0.2, 0.25) is 0 Å². The first-order valence-corrected chi connectivity index (χ1v) is 13.8. The zero-order valence-corrected chi connectivity index (χ0v) is 21.3. The zero-order chi connectivity index (χ0) is 21.4. The second kappa shape index (κ2) is 13.0. The van der Waals surface area contributed by atoms with Gasteiger partial charge in [0.05, 0.1) is 12.1 Å². The zero-order valence-electron chi connectivity index (χ0n) is 18.7. The average Bonchev–Trinajstić information content (AvgIpc) is 2.61. The Morgan fingerprint density at radius 3 is 1.79 bits per heavy atom. The molecular weight excluding hydrogens is 435 g/mol. The number of ketones is 1. The molecule has 0 spiro atoms. The second-order valence-corrected chi connectivity index (χ2v) is 11.1. The molecule has 4 unspecified atom stereocenters. The Kier molecular flexibility index (Phi) is 12.2. The van der Waals surface area contributed by atoms with Crippen LogP contribution in [0.1, 0.15) is 80.1 Å². The Bertz CT molecular complexity index is 497. The van der Waals surface area contributed by atoms with Crippen LogP contribution in [0, 0.1) is 23.7 Å². The monoisotopic (exact) mass is 474 g/mol. The summed E-state index contributed by atoms with van der Waals surface area (Å²) in [5.41, 5.74) is 1.26. The number of hydrogen-bond acceptors (Lipinski definition) is 3. The van der Waals surface area contributed by atoms with Gasteiger partial charge in [0.2, 0.25) is 0 Å². The Labute approximate surface area is 188 Å². The molecule has 28 heavy (non-hydrogen) atoms. The van der Waals surface area contributed by atoms with Crippen LogP contribution in [0.3, 0.4) is 0 Å². The number of carbonyl (C=O) groups excluding carboxylic acids is 1. The van der Waals surface area contributed by atoms with E-state index in [4.69, 9.17) is 25.2 Å². The van der Waals surface area contributed by atoms with Crippen molar-refractivity contribution in [2.24, 2.45) is 28.7 Å². The quantitative estimate of drug-likeness (QED) is 0.342. The molecule has 0 bridgehead atoms. The Morgan fingerprint density at radius 2 is 1.36 bits per heavy atom. The minimum atomic E-state index is 0.0806. The van der Waals surface area contributed by atoms with Gasteiger partial charge in [-0.15, -0.1) is 0 Å². The molecule has 2 fully saturated rings. The Morgan fingerprint density at radius 1 is 0.929 bits per heavy atom. The maximum absolute atomic E-state index is 12.0. The maximum atomic E-state index is 12.0. The van der Waals surface area contributed by atoms with Crippen molar-refractivity contribution in [1.82, 2.24) is 4.90 Å².